The van der Waals surface area contributed by atoms with E-state index in [1.54, 1.807) is 18.2 Å². The van der Waals surface area contributed by atoms with Crippen LogP contribution in [0.5, 0.6) is 11.5 Å². The molecular formula is C19H18N2O5. The Morgan fingerprint density at radius 3 is 2.77 bits per heavy atom. The van der Waals surface area contributed by atoms with Crippen molar-refractivity contribution < 1.29 is 23.8 Å². The fraction of sp³-hybridized carbons (Fsp3) is 0.316. The molecule has 2 N–H and O–H groups in total. The van der Waals surface area contributed by atoms with E-state index in [-0.39, 0.29) is 23.0 Å². The van der Waals surface area contributed by atoms with Crippen LogP contribution < -0.4 is 15.2 Å². The lowest BCUT2D eigenvalue weighted by atomic mass is 9.77. The van der Waals surface area contributed by atoms with Gasteiger partial charge in [0.2, 0.25) is 5.88 Å². The Balaban J connectivity index is 2.13. The number of nitrogens with two attached hydrogens (primary N) is 1. The number of Topliss-reactive ketones (excluding diaryl/α,β-unsaturated/α-hetero) is 1. The van der Waals surface area contributed by atoms with Crippen molar-refractivity contribution in [3.8, 4) is 17.6 Å². The average molecular weight is 354 g/mol. The number of carbonyl (C=O) groups is 2. The Bertz CT molecular complexity index is 892. The zero-order valence-electron chi connectivity index (χ0n) is 14.5. The molecule has 7 nitrogen and oxygen atoms in total. The summed E-state index contributed by atoms with van der Waals surface area (Å²) in [4.78, 5) is 23.8. The monoisotopic (exact) mass is 354 g/mol. The van der Waals surface area contributed by atoms with Gasteiger partial charge >= 0.3 is 5.97 Å². The van der Waals surface area contributed by atoms with Gasteiger partial charge in [0, 0.05) is 25.3 Å². The maximum absolute atomic E-state index is 12.5. The number of benzene rings is 1. The molecule has 7 heteroatoms. The van der Waals surface area contributed by atoms with Crippen molar-refractivity contribution in [2.75, 3.05) is 7.11 Å². The van der Waals surface area contributed by atoms with E-state index < -0.39 is 11.9 Å². The molecule has 26 heavy (non-hydrogen) atoms. The van der Waals surface area contributed by atoms with Crippen molar-refractivity contribution in [2.45, 2.75) is 32.1 Å². The lowest BCUT2D eigenvalue weighted by molar-refractivity contribution is -0.132. The molecule has 3 rings (SSSR count). The maximum Gasteiger partial charge on any atom is 0.308 e. The minimum atomic E-state index is -0.628. The van der Waals surface area contributed by atoms with Gasteiger partial charge in [-0.15, -0.1) is 0 Å². The minimum Gasteiger partial charge on any atom is -0.493 e. The molecule has 1 atom stereocenters. The van der Waals surface area contributed by atoms with Gasteiger partial charge < -0.3 is 19.9 Å². The Hall–Kier alpha value is -3.27. The van der Waals surface area contributed by atoms with Gasteiger partial charge in [0.05, 0.1) is 13.0 Å². The zero-order valence-corrected chi connectivity index (χ0v) is 14.5. The molecule has 0 saturated heterocycles. The third kappa shape index (κ3) is 3.02. The van der Waals surface area contributed by atoms with E-state index in [0.717, 1.165) is 0 Å². The van der Waals surface area contributed by atoms with Crippen LogP contribution in [0.4, 0.5) is 0 Å². The molecule has 134 valence electrons. The van der Waals surface area contributed by atoms with Crippen LogP contribution in [0.25, 0.3) is 0 Å². The van der Waals surface area contributed by atoms with Gasteiger partial charge in [-0.25, -0.2) is 0 Å². The van der Waals surface area contributed by atoms with Crippen molar-refractivity contribution in [3.63, 3.8) is 0 Å². The van der Waals surface area contributed by atoms with Crippen molar-refractivity contribution >= 4 is 11.8 Å². The van der Waals surface area contributed by atoms with Crippen LogP contribution in [0.2, 0.25) is 0 Å². The first-order valence-electron chi connectivity index (χ1n) is 8.16. The van der Waals surface area contributed by atoms with E-state index in [2.05, 4.69) is 6.07 Å². The molecule has 0 saturated carbocycles. The highest BCUT2D eigenvalue weighted by atomic mass is 16.6. The van der Waals surface area contributed by atoms with Crippen molar-refractivity contribution in [1.29, 1.82) is 5.26 Å². The molecule has 0 spiro atoms. The third-order valence-corrected chi connectivity index (χ3v) is 4.38. The van der Waals surface area contributed by atoms with Crippen LogP contribution in [0.15, 0.2) is 41.0 Å². The average Bonchev–Trinajstić information content (AvgIpc) is 2.60. The predicted molar refractivity (Wildman–Crippen MR) is 90.8 cm³/mol. The van der Waals surface area contributed by atoms with E-state index in [1.807, 2.05) is 0 Å². The lowest BCUT2D eigenvalue weighted by Gasteiger charge is -2.31. The molecule has 1 heterocycles. The summed E-state index contributed by atoms with van der Waals surface area (Å²) < 4.78 is 15.9. The summed E-state index contributed by atoms with van der Waals surface area (Å²) in [5, 5.41) is 9.57. The number of allylic oxidation sites excluding steroid dienone is 3. The molecule has 0 amide bonds. The second kappa shape index (κ2) is 6.92. The molecule has 1 aliphatic heterocycles. The molecule has 2 aliphatic rings. The number of nitrogens with zero attached hydrogens (tertiary/aromatic N) is 1. The normalized spacial score (nSPS) is 19.4. The topological polar surface area (TPSA) is 112 Å². The van der Waals surface area contributed by atoms with Gasteiger partial charge in [-0.2, -0.15) is 5.26 Å². The summed E-state index contributed by atoms with van der Waals surface area (Å²) in [6.45, 7) is 1.29. The van der Waals surface area contributed by atoms with Crippen molar-refractivity contribution in [2.24, 2.45) is 5.73 Å². The summed E-state index contributed by atoms with van der Waals surface area (Å²) in [5.41, 5.74) is 7.21. The first-order valence-corrected chi connectivity index (χ1v) is 8.16. The van der Waals surface area contributed by atoms with Crippen LogP contribution >= 0.6 is 0 Å². The number of esters is 1. The molecular weight excluding hydrogens is 336 g/mol. The fourth-order valence-corrected chi connectivity index (χ4v) is 3.29. The first-order chi connectivity index (χ1) is 12.5. The van der Waals surface area contributed by atoms with E-state index in [1.165, 1.54) is 14.0 Å². The van der Waals surface area contributed by atoms with Gasteiger partial charge in [-0.1, -0.05) is 6.07 Å². The number of nitriles is 1. The largest absolute Gasteiger partial charge is 0.493 e. The van der Waals surface area contributed by atoms with Gasteiger partial charge in [0.15, 0.2) is 17.3 Å². The second-order valence-corrected chi connectivity index (χ2v) is 6.04. The van der Waals surface area contributed by atoms with Crippen LogP contribution in [-0.2, 0) is 14.3 Å². The number of ketones is 1. The molecule has 1 aromatic carbocycles. The number of ether oxygens (including phenoxy) is 3. The molecule has 0 bridgehead atoms. The smallest absolute Gasteiger partial charge is 0.308 e. The number of rotatable bonds is 3. The number of carbonyl (C=O) groups excluding carboxylic acids is 2. The quantitative estimate of drug-likeness (QED) is 0.655. The predicted octanol–water partition coefficient (Wildman–Crippen LogP) is 2.44. The summed E-state index contributed by atoms with van der Waals surface area (Å²) in [6, 6.07) is 6.96. The van der Waals surface area contributed by atoms with Crippen LogP contribution in [0.3, 0.4) is 0 Å². The number of hydrogen-bond donors (Lipinski definition) is 1. The number of hydrogen-bond acceptors (Lipinski definition) is 7. The summed E-state index contributed by atoms with van der Waals surface area (Å²) in [7, 11) is 1.45. The van der Waals surface area contributed by atoms with Crippen LogP contribution in [0, 0.1) is 11.3 Å². The Kier molecular flexibility index (Phi) is 4.67. The summed E-state index contributed by atoms with van der Waals surface area (Å²) in [6.07, 6.45) is 1.69. The van der Waals surface area contributed by atoms with Crippen LogP contribution in [-0.4, -0.2) is 18.9 Å². The van der Waals surface area contributed by atoms with E-state index in [4.69, 9.17) is 19.9 Å². The highest BCUT2D eigenvalue weighted by molar-refractivity contribution is 5.99. The Labute approximate surface area is 150 Å². The molecule has 1 aromatic rings. The zero-order chi connectivity index (χ0) is 18.8. The molecule has 1 aliphatic carbocycles. The SMILES string of the molecule is COc1cc(C2C(C#N)=C(N)OC3=C2C(=O)CCC3)ccc1OC(C)=O. The minimum absolute atomic E-state index is 0.00831. The molecule has 0 radical (unpaired) electrons. The first kappa shape index (κ1) is 17.5. The van der Waals surface area contributed by atoms with E-state index >= 15 is 0 Å². The van der Waals surface area contributed by atoms with Crippen molar-refractivity contribution in [1.82, 2.24) is 0 Å². The maximum atomic E-state index is 12.5. The molecule has 0 fully saturated rings. The summed E-state index contributed by atoms with van der Waals surface area (Å²) in [5.74, 6) is -0.0477. The van der Waals surface area contributed by atoms with Gasteiger partial charge in [0.1, 0.15) is 17.4 Å². The Morgan fingerprint density at radius 1 is 1.35 bits per heavy atom. The standard InChI is InChI=1S/C19H18N2O5/c1-10(22)25-14-7-6-11(8-16(14)24-2)17-12(9-20)19(21)26-15-5-3-4-13(23)18(15)17/h6-8,17H,3-5,21H2,1-2H3. The van der Waals surface area contributed by atoms with E-state index in [9.17, 15) is 14.9 Å². The van der Waals surface area contributed by atoms with Crippen LogP contribution in [0.1, 0.15) is 37.7 Å². The summed E-state index contributed by atoms with van der Waals surface area (Å²) >= 11 is 0. The molecule has 0 aromatic heterocycles. The van der Waals surface area contributed by atoms with Gasteiger partial charge in [-0.05, 0) is 24.1 Å². The van der Waals surface area contributed by atoms with E-state index in [0.29, 0.717) is 41.9 Å². The highest BCUT2D eigenvalue weighted by Crippen LogP contribution is 2.44. The van der Waals surface area contributed by atoms with Gasteiger partial charge in [-0.3, -0.25) is 9.59 Å². The molecule has 1 unspecified atom stereocenters. The number of methoxy groups -OCH3 is 1. The lowest BCUT2D eigenvalue weighted by Crippen LogP contribution is -2.27. The Morgan fingerprint density at radius 2 is 2.12 bits per heavy atom. The van der Waals surface area contributed by atoms with Gasteiger partial charge in [0.25, 0.3) is 0 Å². The fourth-order valence-electron chi connectivity index (χ4n) is 3.29. The third-order valence-electron chi connectivity index (χ3n) is 4.38. The van der Waals surface area contributed by atoms with Crippen molar-refractivity contribution in [3.05, 3.63) is 46.6 Å². The highest BCUT2D eigenvalue weighted by Gasteiger charge is 2.38. The second-order valence-electron chi connectivity index (χ2n) is 6.04.